The minimum Gasteiger partial charge on any atom is -0.395 e. The lowest BCUT2D eigenvalue weighted by molar-refractivity contribution is 0.377. The third kappa shape index (κ3) is 8.06. The summed E-state index contributed by atoms with van der Waals surface area (Å²) in [6.45, 7) is 5.35. The highest BCUT2D eigenvalue weighted by atomic mass is 16.5. The quantitative estimate of drug-likeness (QED) is 0.320. The topological polar surface area (TPSA) is 183 Å². The highest BCUT2D eigenvalue weighted by Crippen LogP contribution is 1.80. The molecule has 0 aliphatic heterocycles. The van der Waals surface area contributed by atoms with Crippen LogP contribution in [0.2, 0.25) is 0 Å². The Morgan fingerprint density at radius 2 is 1.59 bits per heavy atom. The summed E-state index contributed by atoms with van der Waals surface area (Å²) in [5.41, 5.74) is 0. The first-order chi connectivity index (χ1) is 13.6. The summed E-state index contributed by atoms with van der Waals surface area (Å²) >= 11 is 0. The second-order valence-electron chi connectivity index (χ2n) is 5.36. The molecule has 0 saturated heterocycles. The molecule has 16 nitrogen and oxygen atoms in total. The SMILES string of the molecule is Cc1nnn(C)n1.Cc1nnnn1C.Cc1noc(=O)n1C.Cn1ncoc1=O.[2HH]. The molecule has 0 fully saturated rings. The lowest BCUT2D eigenvalue weighted by atomic mass is 10.7. The number of rotatable bonds is 0. The van der Waals surface area contributed by atoms with E-state index in [0.29, 0.717) is 11.6 Å². The Labute approximate surface area is 165 Å². The molecule has 0 amide bonds. The summed E-state index contributed by atoms with van der Waals surface area (Å²) in [5, 5.41) is 28.4. The van der Waals surface area contributed by atoms with Crippen LogP contribution in [0.5, 0.6) is 0 Å². The van der Waals surface area contributed by atoms with Gasteiger partial charge < -0.3 is 4.42 Å². The van der Waals surface area contributed by atoms with Crippen LogP contribution >= 0.6 is 0 Å². The molecule has 0 unspecified atom stereocenters. The van der Waals surface area contributed by atoms with Crippen molar-refractivity contribution in [1.29, 1.82) is 0 Å². The minimum absolute atomic E-state index is 0. The number of tetrazole rings is 2. The van der Waals surface area contributed by atoms with Crippen LogP contribution in [0.4, 0.5) is 0 Å². The van der Waals surface area contributed by atoms with Gasteiger partial charge in [-0.05, 0) is 36.4 Å². The molecule has 0 aliphatic rings. The third-order valence-electron chi connectivity index (χ3n) is 3.09. The van der Waals surface area contributed by atoms with Crippen molar-refractivity contribution in [2.24, 2.45) is 28.2 Å². The number of aryl methyl sites for hydroxylation is 6. The lowest BCUT2D eigenvalue weighted by Crippen LogP contribution is -2.09. The number of hydrogen-bond donors (Lipinski definition) is 0. The Bertz CT molecular complexity index is 1070. The Balaban J connectivity index is 0.000000370. The van der Waals surface area contributed by atoms with E-state index in [9.17, 15) is 9.59 Å². The van der Waals surface area contributed by atoms with Crippen molar-refractivity contribution < 1.29 is 10.4 Å². The molecule has 0 radical (unpaired) electrons. The van der Waals surface area contributed by atoms with E-state index < -0.39 is 11.5 Å². The highest BCUT2D eigenvalue weighted by molar-refractivity contribution is 4.74. The smallest absolute Gasteiger partial charge is 0.395 e. The lowest BCUT2D eigenvalue weighted by Gasteiger charge is -1.81. The Hall–Kier alpha value is -3.98. The molecule has 4 aromatic rings. The van der Waals surface area contributed by atoms with Gasteiger partial charge in [-0.3, -0.25) is 9.09 Å². The van der Waals surface area contributed by atoms with Gasteiger partial charge in [-0.1, -0.05) is 5.16 Å². The zero-order valence-electron chi connectivity index (χ0n) is 17.1. The van der Waals surface area contributed by atoms with E-state index in [2.05, 4.69) is 50.1 Å². The average molecular weight is 413 g/mol. The maximum atomic E-state index is 10.4. The summed E-state index contributed by atoms with van der Waals surface area (Å²) in [6, 6.07) is 0. The van der Waals surface area contributed by atoms with E-state index in [-0.39, 0.29) is 1.43 Å². The molecule has 0 spiro atoms. The second kappa shape index (κ2) is 11.0. The Kier molecular flexibility index (Phi) is 8.75. The predicted octanol–water partition coefficient (Wildman–Crippen LogP) is -1.66. The maximum Gasteiger partial charge on any atom is 0.441 e. The van der Waals surface area contributed by atoms with E-state index in [0.717, 1.165) is 16.9 Å². The standard InChI is InChI=1S/C4H6N2O2.2C3H6N4.C3H4N2O2.H2/c1-3-5-8-4(7)6(3)2;1-3-4-5-6-7(3)2;1-3-4-6-7(2)5-3;1-5-3(6)7-2-4-5;/h1-2H3;2*1-2H3;2H,1H3;1H/i;;;;1+1. The Morgan fingerprint density at radius 3 is 1.72 bits per heavy atom. The fourth-order valence-corrected chi connectivity index (χ4v) is 1.28. The van der Waals surface area contributed by atoms with Crippen LogP contribution in [0.1, 0.15) is 18.9 Å². The van der Waals surface area contributed by atoms with E-state index in [1.807, 2.05) is 6.92 Å². The van der Waals surface area contributed by atoms with Gasteiger partial charge >= 0.3 is 11.5 Å². The zero-order chi connectivity index (χ0) is 22.0. The first kappa shape index (κ1) is 23.1. The summed E-state index contributed by atoms with van der Waals surface area (Å²) in [7, 11) is 6.66. The van der Waals surface area contributed by atoms with Gasteiger partial charge in [0.25, 0.3) is 0 Å². The predicted molar refractivity (Wildman–Crippen MR) is 97.4 cm³/mol. The monoisotopic (exact) mass is 413 g/mol. The number of hydrogen-bond acceptors (Lipinski definition) is 12. The van der Waals surface area contributed by atoms with Gasteiger partial charge in [0, 0.05) is 22.6 Å². The summed E-state index contributed by atoms with van der Waals surface area (Å²) in [5.74, 6) is 1.29. The molecule has 0 bridgehead atoms. The molecule has 4 aromatic heterocycles. The molecule has 0 aliphatic carbocycles. The van der Waals surface area contributed by atoms with Crippen LogP contribution in [-0.4, -0.2) is 59.9 Å². The molecular weight excluding hydrogens is 388 g/mol. The van der Waals surface area contributed by atoms with Gasteiger partial charge in [-0.15, -0.1) is 20.4 Å². The number of aromatic nitrogens is 12. The van der Waals surface area contributed by atoms with Gasteiger partial charge in [0.1, 0.15) is 5.82 Å². The molecule has 16 heteroatoms. The van der Waals surface area contributed by atoms with Gasteiger partial charge in [0.2, 0.25) is 6.39 Å². The molecule has 4 rings (SSSR count). The van der Waals surface area contributed by atoms with E-state index in [1.54, 1.807) is 39.7 Å². The summed E-state index contributed by atoms with van der Waals surface area (Å²) < 4.78 is 12.6. The highest BCUT2D eigenvalue weighted by Gasteiger charge is 1.96. The van der Waals surface area contributed by atoms with Crippen molar-refractivity contribution in [2.75, 3.05) is 0 Å². The van der Waals surface area contributed by atoms with E-state index >= 15 is 0 Å². The van der Waals surface area contributed by atoms with E-state index in [1.165, 1.54) is 16.4 Å². The van der Waals surface area contributed by atoms with Crippen molar-refractivity contribution in [3.05, 3.63) is 45.0 Å². The third-order valence-corrected chi connectivity index (χ3v) is 3.09. The van der Waals surface area contributed by atoms with Crippen LogP contribution in [0, 0.1) is 20.8 Å². The van der Waals surface area contributed by atoms with Crippen LogP contribution < -0.4 is 11.5 Å². The van der Waals surface area contributed by atoms with Crippen molar-refractivity contribution in [1.82, 2.24) is 59.9 Å². The van der Waals surface area contributed by atoms with Crippen LogP contribution in [0.3, 0.4) is 0 Å². The first-order valence-corrected chi connectivity index (χ1v) is 7.97. The molecular formula is C13H24N12O4. The largest absolute Gasteiger partial charge is 0.441 e. The zero-order valence-corrected chi connectivity index (χ0v) is 17.1. The molecule has 4 heterocycles. The van der Waals surface area contributed by atoms with Crippen LogP contribution in [0.25, 0.3) is 0 Å². The average Bonchev–Trinajstić information content (AvgIpc) is 3.42. The van der Waals surface area contributed by atoms with Gasteiger partial charge in [0.05, 0.1) is 7.05 Å². The molecule has 160 valence electrons. The summed E-state index contributed by atoms with van der Waals surface area (Å²) in [6.07, 6.45) is 1.10. The van der Waals surface area contributed by atoms with Gasteiger partial charge in [-0.2, -0.15) is 9.48 Å². The Morgan fingerprint density at radius 1 is 0.897 bits per heavy atom. The van der Waals surface area contributed by atoms with Crippen molar-refractivity contribution in [3.63, 3.8) is 0 Å². The maximum absolute atomic E-state index is 10.4. The van der Waals surface area contributed by atoms with Crippen molar-refractivity contribution in [2.45, 2.75) is 20.8 Å². The second-order valence-corrected chi connectivity index (χ2v) is 5.36. The van der Waals surface area contributed by atoms with Crippen LogP contribution in [0.15, 0.2) is 24.9 Å². The first-order valence-electron chi connectivity index (χ1n) is 7.97. The molecule has 0 aromatic carbocycles. The molecule has 0 saturated carbocycles. The van der Waals surface area contributed by atoms with E-state index in [4.69, 9.17) is 0 Å². The normalized spacial score (nSPS) is 9.48. The fourth-order valence-electron chi connectivity index (χ4n) is 1.28. The summed E-state index contributed by atoms with van der Waals surface area (Å²) in [4.78, 5) is 22.0. The molecule has 29 heavy (non-hydrogen) atoms. The van der Waals surface area contributed by atoms with Crippen LogP contribution in [-0.2, 0) is 28.2 Å². The van der Waals surface area contributed by atoms with Gasteiger partial charge in [-0.25, -0.2) is 14.3 Å². The van der Waals surface area contributed by atoms with Gasteiger partial charge in [0.15, 0.2) is 11.6 Å². The number of nitrogens with zero attached hydrogens (tertiary/aromatic N) is 12. The van der Waals surface area contributed by atoms with Crippen molar-refractivity contribution in [3.8, 4) is 0 Å². The molecule has 0 atom stereocenters. The van der Waals surface area contributed by atoms with Crippen molar-refractivity contribution >= 4 is 0 Å². The molecule has 0 N–H and O–H groups in total. The fraction of sp³-hybridized carbons (Fsp3) is 0.538. The minimum atomic E-state index is -0.431.